The minimum Gasteiger partial charge on any atom is -0.299 e. The molecule has 0 radical (unpaired) electrons. The fourth-order valence-electron chi connectivity index (χ4n) is 3.75. The number of carbonyl (C=O) groups is 1. The monoisotopic (exact) mass is 405 g/mol. The number of nitrogens with one attached hydrogen (secondary N) is 1. The van der Waals surface area contributed by atoms with Gasteiger partial charge in [0.1, 0.15) is 0 Å². The zero-order valence-electron chi connectivity index (χ0n) is 16.2. The van der Waals surface area contributed by atoms with Crippen molar-refractivity contribution in [2.45, 2.75) is 19.4 Å². The number of amides is 1. The molecule has 0 bridgehead atoms. The van der Waals surface area contributed by atoms with E-state index in [2.05, 4.69) is 51.8 Å². The van der Waals surface area contributed by atoms with E-state index < -0.39 is 0 Å². The van der Waals surface area contributed by atoms with Crippen LogP contribution in [0.5, 0.6) is 0 Å². The highest BCUT2D eigenvalue weighted by Gasteiger charge is 2.24. The summed E-state index contributed by atoms with van der Waals surface area (Å²) in [4.78, 5) is 14.8. The summed E-state index contributed by atoms with van der Waals surface area (Å²) in [5, 5.41) is 7.28. The molecule has 0 atom stereocenters. The molecule has 148 valence electrons. The van der Waals surface area contributed by atoms with Crippen LogP contribution >= 0.6 is 11.6 Å². The predicted octanol–water partition coefficient (Wildman–Crippen LogP) is 4.86. The minimum atomic E-state index is 0.00758. The molecule has 3 aromatic rings. The molecule has 29 heavy (non-hydrogen) atoms. The molecule has 1 fully saturated rings. The predicted molar refractivity (Wildman–Crippen MR) is 119 cm³/mol. The molecule has 1 aliphatic heterocycles. The van der Waals surface area contributed by atoms with Crippen LogP contribution in [0.4, 0.5) is 0 Å². The lowest BCUT2D eigenvalue weighted by molar-refractivity contribution is -0.126. The van der Waals surface area contributed by atoms with Gasteiger partial charge in [0.05, 0.1) is 6.21 Å². The summed E-state index contributed by atoms with van der Waals surface area (Å²) in [5.41, 5.74) is 4.94. The Morgan fingerprint density at radius 1 is 1.03 bits per heavy atom. The number of halogens is 1. The van der Waals surface area contributed by atoms with Gasteiger partial charge in [0.2, 0.25) is 5.91 Å². The summed E-state index contributed by atoms with van der Waals surface area (Å²) in [6, 6.07) is 22.3. The second kappa shape index (κ2) is 9.21. The first-order chi connectivity index (χ1) is 14.2. The van der Waals surface area contributed by atoms with Gasteiger partial charge in [0.15, 0.2) is 0 Å². The zero-order valence-corrected chi connectivity index (χ0v) is 17.0. The van der Waals surface area contributed by atoms with Gasteiger partial charge in [-0.1, -0.05) is 60.1 Å². The van der Waals surface area contributed by atoms with E-state index in [0.717, 1.165) is 48.4 Å². The van der Waals surface area contributed by atoms with Crippen molar-refractivity contribution < 1.29 is 4.79 Å². The number of carbonyl (C=O) groups excluding carboxylic acids is 1. The van der Waals surface area contributed by atoms with Gasteiger partial charge < -0.3 is 0 Å². The lowest BCUT2D eigenvalue weighted by Crippen LogP contribution is -2.39. The summed E-state index contributed by atoms with van der Waals surface area (Å²) in [6.07, 6.45) is 3.41. The smallest absolute Gasteiger partial charge is 0.243 e. The third-order valence-electron chi connectivity index (χ3n) is 5.44. The molecule has 1 amide bonds. The van der Waals surface area contributed by atoms with E-state index in [1.165, 1.54) is 10.9 Å². The van der Waals surface area contributed by atoms with Gasteiger partial charge in [-0.15, -0.1) is 0 Å². The first-order valence-electron chi connectivity index (χ1n) is 9.96. The number of hydrogen-bond donors (Lipinski definition) is 1. The first-order valence-corrected chi connectivity index (χ1v) is 10.3. The van der Waals surface area contributed by atoms with Crippen molar-refractivity contribution in [2.24, 2.45) is 11.0 Å². The molecule has 0 aromatic heterocycles. The maximum atomic E-state index is 12.4. The number of hydrogen-bond acceptors (Lipinski definition) is 3. The molecule has 0 unspecified atom stereocenters. The standard InChI is InChI=1S/C24H24ClN3O/c25-23-9-6-18(7-10-23)17-28-13-11-21(12-14-28)24(29)27-26-16-19-5-8-20-3-1-2-4-22(20)15-19/h1-10,15-16,21H,11-14,17H2,(H,27,29). The van der Waals surface area contributed by atoms with Crippen LogP contribution in [0.3, 0.4) is 0 Å². The summed E-state index contributed by atoms with van der Waals surface area (Å²) < 4.78 is 0. The van der Waals surface area contributed by atoms with Crippen LogP contribution in [0, 0.1) is 5.92 Å². The maximum Gasteiger partial charge on any atom is 0.243 e. The van der Waals surface area contributed by atoms with Crippen molar-refractivity contribution >= 4 is 34.5 Å². The van der Waals surface area contributed by atoms with Crippen LogP contribution in [-0.4, -0.2) is 30.1 Å². The molecule has 4 nitrogen and oxygen atoms in total. The quantitative estimate of drug-likeness (QED) is 0.487. The highest BCUT2D eigenvalue weighted by atomic mass is 35.5. The van der Waals surface area contributed by atoms with Crippen molar-refractivity contribution in [3.8, 4) is 0 Å². The highest BCUT2D eigenvalue weighted by Crippen LogP contribution is 2.20. The number of hydrazone groups is 1. The van der Waals surface area contributed by atoms with E-state index in [1.54, 1.807) is 6.21 Å². The number of likely N-dealkylation sites (tertiary alicyclic amines) is 1. The van der Waals surface area contributed by atoms with Crippen LogP contribution in [0.2, 0.25) is 5.02 Å². The summed E-state index contributed by atoms with van der Waals surface area (Å²) >= 11 is 5.95. The maximum absolute atomic E-state index is 12.4. The molecule has 3 aromatic carbocycles. The van der Waals surface area contributed by atoms with E-state index in [4.69, 9.17) is 11.6 Å². The van der Waals surface area contributed by atoms with Gasteiger partial charge >= 0.3 is 0 Å². The molecule has 1 N–H and O–H groups in total. The summed E-state index contributed by atoms with van der Waals surface area (Å²) in [6.45, 7) is 2.72. The second-order valence-corrected chi connectivity index (χ2v) is 7.95. The van der Waals surface area contributed by atoms with Gasteiger partial charge in [0, 0.05) is 17.5 Å². The van der Waals surface area contributed by atoms with Crippen molar-refractivity contribution in [3.63, 3.8) is 0 Å². The molecular weight excluding hydrogens is 382 g/mol. The molecule has 1 aliphatic rings. The number of piperidine rings is 1. The Bertz CT molecular complexity index is 1010. The van der Waals surface area contributed by atoms with Crippen molar-refractivity contribution in [1.82, 2.24) is 10.3 Å². The van der Waals surface area contributed by atoms with Crippen LogP contribution in [0.1, 0.15) is 24.0 Å². The van der Waals surface area contributed by atoms with E-state index in [0.29, 0.717) is 0 Å². The highest BCUT2D eigenvalue weighted by molar-refractivity contribution is 6.30. The molecule has 0 aliphatic carbocycles. The lowest BCUT2D eigenvalue weighted by Gasteiger charge is -2.30. The summed E-state index contributed by atoms with van der Waals surface area (Å²) in [5.74, 6) is 0.0263. The topological polar surface area (TPSA) is 44.7 Å². The Balaban J connectivity index is 1.26. The van der Waals surface area contributed by atoms with Crippen molar-refractivity contribution in [2.75, 3.05) is 13.1 Å². The fourth-order valence-corrected chi connectivity index (χ4v) is 3.88. The zero-order chi connectivity index (χ0) is 20.1. The number of rotatable bonds is 5. The van der Waals surface area contributed by atoms with Crippen molar-refractivity contribution in [3.05, 3.63) is 82.9 Å². The molecule has 1 heterocycles. The lowest BCUT2D eigenvalue weighted by atomic mass is 9.96. The fraction of sp³-hybridized carbons (Fsp3) is 0.250. The first kappa shape index (κ1) is 19.6. The van der Waals surface area contributed by atoms with Crippen molar-refractivity contribution in [1.29, 1.82) is 0 Å². The number of fused-ring (bicyclic) bond motifs is 1. The second-order valence-electron chi connectivity index (χ2n) is 7.52. The number of benzene rings is 3. The molecule has 1 saturated heterocycles. The third kappa shape index (κ3) is 5.22. The van der Waals surface area contributed by atoms with Gasteiger partial charge in [-0.05, 0) is 66.0 Å². The molecule has 0 saturated carbocycles. The van der Waals surface area contributed by atoms with Crippen LogP contribution in [-0.2, 0) is 11.3 Å². The Labute approximate surface area is 176 Å². The SMILES string of the molecule is O=C(NN=Cc1ccc2ccccc2c1)C1CCN(Cc2ccc(Cl)cc2)CC1. The van der Waals surface area contributed by atoms with Crippen LogP contribution in [0.15, 0.2) is 71.8 Å². The van der Waals surface area contributed by atoms with E-state index in [1.807, 2.05) is 30.3 Å². The van der Waals surface area contributed by atoms with Crippen LogP contribution < -0.4 is 5.43 Å². The Morgan fingerprint density at radius 2 is 1.76 bits per heavy atom. The average Bonchev–Trinajstić information content (AvgIpc) is 2.76. The van der Waals surface area contributed by atoms with Gasteiger partial charge in [-0.3, -0.25) is 9.69 Å². The average molecular weight is 406 g/mol. The minimum absolute atomic E-state index is 0.00758. The van der Waals surface area contributed by atoms with E-state index in [9.17, 15) is 4.79 Å². The molecule has 0 spiro atoms. The molecule has 5 heteroatoms. The van der Waals surface area contributed by atoms with Crippen LogP contribution in [0.25, 0.3) is 10.8 Å². The van der Waals surface area contributed by atoms with Gasteiger partial charge in [-0.25, -0.2) is 5.43 Å². The Morgan fingerprint density at radius 3 is 2.52 bits per heavy atom. The molecule has 4 rings (SSSR count). The number of nitrogens with zero attached hydrogens (tertiary/aromatic N) is 2. The van der Waals surface area contributed by atoms with E-state index >= 15 is 0 Å². The third-order valence-corrected chi connectivity index (χ3v) is 5.69. The Kier molecular flexibility index (Phi) is 6.23. The largest absolute Gasteiger partial charge is 0.299 e. The van der Waals surface area contributed by atoms with Gasteiger partial charge in [0.25, 0.3) is 0 Å². The normalized spacial score (nSPS) is 15.8. The molecular formula is C24H24ClN3O. The summed E-state index contributed by atoms with van der Waals surface area (Å²) in [7, 11) is 0. The Hall–Kier alpha value is -2.69. The van der Waals surface area contributed by atoms with E-state index in [-0.39, 0.29) is 11.8 Å². The van der Waals surface area contributed by atoms with Gasteiger partial charge in [-0.2, -0.15) is 5.10 Å².